The van der Waals surface area contributed by atoms with Gasteiger partial charge in [-0.1, -0.05) is 12.1 Å². The third-order valence-corrected chi connectivity index (χ3v) is 4.03. The summed E-state index contributed by atoms with van der Waals surface area (Å²) in [6, 6.07) is 6.03. The molecule has 0 atom stereocenters. The van der Waals surface area contributed by atoms with Crippen molar-refractivity contribution in [3.05, 3.63) is 34.4 Å². The van der Waals surface area contributed by atoms with Crippen molar-refractivity contribution in [3.8, 4) is 0 Å². The van der Waals surface area contributed by atoms with Crippen LogP contribution in [0.25, 0.3) is 11.0 Å². The average Bonchev–Trinajstić information content (AvgIpc) is 2.92. The molecule has 3 aromatic rings. The van der Waals surface area contributed by atoms with Crippen LogP contribution in [-0.4, -0.2) is 27.2 Å². The number of benzene rings is 1. The van der Waals surface area contributed by atoms with Gasteiger partial charge in [0.05, 0.1) is 17.3 Å². The predicted molar refractivity (Wildman–Crippen MR) is 83.4 cm³/mol. The van der Waals surface area contributed by atoms with Crippen LogP contribution in [0, 0.1) is 6.92 Å². The van der Waals surface area contributed by atoms with Crippen LogP contribution >= 0.6 is 15.9 Å². The van der Waals surface area contributed by atoms with E-state index in [0.717, 1.165) is 21.1 Å². The van der Waals surface area contributed by atoms with Crippen LogP contribution in [0.15, 0.2) is 28.9 Å². The molecule has 0 unspecified atom stereocenters. The van der Waals surface area contributed by atoms with E-state index in [1.807, 2.05) is 25.1 Å². The molecular weight excluding hydrogens is 320 g/mol. The fraction of sp³-hybridized carbons (Fsp3) is 0.154. The molecule has 0 aliphatic carbocycles. The first kappa shape index (κ1) is 12.9. The van der Waals surface area contributed by atoms with E-state index in [1.54, 1.807) is 13.2 Å². The Labute approximate surface area is 124 Å². The first-order valence-corrected chi connectivity index (χ1v) is 6.89. The van der Waals surface area contributed by atoms with Gasteiger partial charge < -0.3 is 10.6 Å². The highest BCUT2D eigenvalue weighted by molar-refractivity contribution is 9.10. The number of H-pyrrole nitrogens is 1. The van der Waals surface area contributed by atoms with E-state index in [0.29, 0.717) is 17.4 Å². The van der Waals surface area contributed by atoms with E-state index in [-0.39, 0.29) is 0 Å². The van der Waals surface area contributed by atoms with Gasteiger partial charge in [0.1, 0.15) is 5.82 Å². The van der Waals surface area contributed by atoms with Gasteiger partial charge in [-0.05, 0) is 34.5 Å². The maximum Gasteiger partial charge on any atom is 0.226 e. The molecule has 7 heteroatoms. The summed E-state index contributed by atoms with van der Waals surface area (Å²) in [4.78, 5) is 8.75. The molecule has 3 N–H and O–H groups in total. The Kier molecular flexibility index (Phi) is 3.27. The van der Waals surface area contributed by atoms with Crippen LogP contribution in [0.3, 0.4) is 0 Å². The summed E-state index contributed by atoms with van der Waals surface area (Å²) in [6.45, 7) is 2.04. The van der Waals surface area contributed by atoms with Crippen molar-refractivity contribution in [2.45, 2.75) is 6.92 Å². The molecular formula is C13H13BrN6. The Morgan fingerprint density at radius 1 is 1.25 bits per heavy atom. The number of aromatic nitrogens is 4. The molecule has 0 spiro atoms. The van der Waals surface area contributed by atoms with Crippen LogP contribution in [0.1, 0.15) is 5.56 Å². The van der Waals surface area contributed by atoms with Crippen molar-refractivity contribution in [1.29, 1.82) is 0 Å². The second kappa shape index (κ2) is 5.09. The molecule has 0 aliphatic heterocycles. The normalized spacial score (nSPS) is 10.8. The Morgan fingerprint density at radius 3 is 2.90 bits per heavy atom. The van der Waals surface area contributed by atoms with Crippen LogP contribution in [0.2, 0.25) is 0 Å². The van der Waals surface area contributed by atoms with E-state index >= 15 is 0 Å². The first-order valence-electron chi connectivity index (χ1n) is 6.10. The molecule has 0 amide bonds. The summed E-state index contributed by atoms with van der Waals surface area (Å²) in [5.74, 6) is 1.24. The highest BCUT2D eigenvalue weighted by Crippen LogP contribution is 2.30. The molecule has 6 nitrogen and oxygen atoms in total. The summed E-state index contributed by atoms with van der Waals surface area (Å²) in [7, 11) is 1.78. The highest BCUT2D eigenvalue weighted by atomic mass is 79.9. The minimum Gasteiger partial charge on any atom is -0.357 e. The largest absolute Gasteiger partial charge is 0.357 e. The molecule has 0 bridgehead atoms. The van der Waals surface area contributed by atoms with Crippen LogP contribution in [-0.2, 0) is 0 Å². The molecule has 0 saturated carbocycles. The number of nitrogens with one attached hydrogen (secondary N) is 3. The third kappa shape index (κ3) is 2.20. The number of fused-ring (bicyclic) bond motifs is 1. The second-order valence-electron chi connectivity index (χ2n) is 4.34. The van der Waals surface area contributed by atoms with Gasteiger partial charge in [0, 0.05) is 11.5 Å². The van der Waals surface area contributed by atoms with Crippen molar-refractivity contribution in [2.75, 3.05) is 17.7 Å². The van der Waals surface area contributed by atoms with Gasteiger partial charge in [-0.2, -0.15) is 15.1 Å². The maximum atomic E-state index is 4.44. The van der Waals surface area contributed by atoms with Crippen molar-refractivity contribution in [2.24, 2.45) is 0 Å². The minimum atomic E-state index is 0.535. The Balaban J connectivity index is 2.10. The molecule has 0 saturated heterocycles. The van der Waals surface area contributed by atoms with Gasteiger partial charge in [-0.15, -0.1) is 0 Å². The molecule has 2 aromatic heterocycles. The second-order valence-corrected chi connectivity index (χ2v) is 5.13. The monoisotopic (exact) mass is 332 g/mol. The lowest BCUT2D eigenvalue weighted by Gasteiger charge is -2.11. The SMILES string of the molecule is CNc1nc(Nc2cccc(C)c2Br)c2cn[nH]c2n1. The van der Waals surface area contributed by atoms with Gasteiger partial charge >= 0.3 is 0 Å². The molecule has 102 valence electrons. The summed E-state index contributed by atoms with van der Waals surface area (Å²) in [6.07, 6.45) is 1.71. The average molecular weight is 333 g/mol. The minimum absolute atomic E-state index is 0.535. The molecule has 1 aromatic carbocycles. The molecule has 20 heavy (non-hydrogen) atoms. The maximum absolute atomic E-state index is 4.44. The number of hydrogen-bond acceptors (Lipinski definition) is 5. The number of aromatic amines is 1. The van der Waals surface area contributed by atoms with Gasteiger partial charge in [-0.3, -0.25) is 5.10 Å². The molecule has 3 rings (SSSR count). The lowest BCUT2D eigenvalue weighted by atomic mass is 10.2. The fourth-order valence-electron chi connectivity index (χ4n) is 1.91. The zero-order chi connectivity index (χ0) is 14.1. The van der Waals surface area contributed by atoms with Crippen molar-refractivity contribution >= 4 is 44.4 Å². The predicted octanol–water partition coefficient (Wildman–Crippen LogP) is 3.21. The highest BCUT2D eigenvalue weighted by Gasteiger charge is 2.11. The summed E-state index contributed by atoms with van der Waals surface area (Å²) in [5, 5.41) is 14.0. The molecule has 0 fully saturated rings. The Hall–Kier alpha value is -2.15. The number of aryl methyl sites for hydroxylation is 1. The lowest BCUT2D eigenvalue weighted by Crippen LogP contribution is -2.02. The molecule has 0 aliphatic rings. The van der Waals surface area contributed by atoms with E-state index in [1.165, 1.54) is 0 Å². The van der Waals surface area contributed by atoms with E-state index in [4.69, 9.17) is 0 Å². The smallest absolute Gasteiger partial charge is 0.226 e. The van der Waals surface area contributed by atoms with Crippen LogP contribution in [0.5, 0.6) is 0 Å². The van der Waals surface area contributed by atoms with E-state index in [9.17, 15) is 0 Å². The van der Waals surface area contributed by atoms with Crippen molar-refractivity contribution < 1.29 is 0 Å². The molecule has 0 radical (unpaired) electrons. The van der Waals surface area contributed by atoms with Crippen molar-refractivity contribution in [3.63, 3.8) is 0 Å². The van der Waals surface area contributed by atoms with Crippen LogP contribution < -0.4 is 10.6 Å². The topological polar surface area (TPSA) is 78.5 Å². The van der Waals surface area contributed by atoms with Gasteiger partial charge in [-0.25, -0.2) is 0 Å². The summed E-state index contributed by atoms with van der Waals surface area (Å²) in [5.41, 5.74) is 2.80. The van der Waals surface area contributed by atoms with Crippen LogP contribution in [0.4, 0.5) is 17.5 Å². The first-order chi connectivity index (χ1) is 9.69. The number of rotatable bonds is 3. The summed E-state index contributed by atoms with van der Waals surface area (Å²) < 4.78 is 1.02. The number of hydrogen-bond donors (Lipinski definition) is 3. The number of halogens is 1. The van der Waals surface area contributed by atoms with Gasteiger partial charge in [0.2, 0.25) is 5.95 Å². The molecule has 2 heterocycles. The standard InChI is InChI=1S/C13H13BrN6/c1-7-4-3-5-9(10(7)14)17-11-8-6-16-20-12(8)19-13(15-2)18-11/h3-6H,1-2H3,(H3,15,16,17,18,19,20). The quantitative estimate of drug-likeness (QED) is 0.686. The Morgan fingerprint density at radius 2 is 2.10 bits per heavy atom. The Bertz CT molecular complexity index is 767. The zero-order valence-electron chi connectivity index (χ0n) is 11.0. The van der Waals surface area contributed by atoms with E-state index in [2.05, 4.69) is 46.7 Å². The van der Waals surface area contributed by atoms with Gasteiger partial charge in [0.15, 0.2) is 5.65 Å². The van der Waals surface area contributed by atoms with Gasteiger partial charge in [0.25, 0.3) is 0 Å². The zero-order valence-corrected chi connectivity index (χ0v) is 12.6. The fourth-order valence-corrected chi connectivity index (χ4v) is 2.28. The number of anilines is 3. The summed E-state index contributed by atoms with van der Waals surface area (Å²) >= 11 is 3.58. The van der Waals surface area contributed by atoms with Crippen molar-refractivity contribution in [1.82, 2.24) is 20.2 Å². The third-order valence-electron chi connectivity index (χ3n) is 2.98. The number of nitrogens with zero attached hydrogens (tertiary/aromatic N) is 3. The van der Waals surface area contributed by atoms with E-state index < -0.39 is 0 Å². The lowest BCUT2D eigenvalue weighted by molar-refractivity contribution is 1.09.